The molecule has 3 atom stereocenters. The van der Waals surface area contributed by atoms with Crippen LogP contribution in [0.3, 0.4) is 0 Å². The molecule has 4 nitrogen and oxygen atoms in total. The standard InChI is InChI=1S/C16H31N3O/c1-4-9-17-12(2)14-6-5-10-19(11-14)13(3)16(20)18-15-7-8-15/h12-15,17H,4-11H2,1-3H3,(H,18,20). The van der Waals surface area contributed by atoms with Crippen molar-refractivity contribution in [2.24, 2.45) is 5.92 Å². The Morgan fingerprint density at radius 3 is 2.70 bits per heavy atom. The molecule has 1 aliphatic carbocycles. The fraction of sp³-hybridized carbons (Fsp3) is 0.938. The van der Waals surface area contributed by atoms with Gasteiger partial charge in [0.25, 0.3) is 0 Å². The van der Waals surface area contributed by atoms with Crippen LogP contribution in [-0.4, -0.2) is 48.6 Å². The summed E-state index contributed by atoms with van der Waals surface area (Å²) >= 11 is 0. The third kappa shape index (κ3) is 4.45. The van der Waals surface area contributed by atoms with Gasteiger partial charge in [-0.05, 0) is 65.0 Å². The van der Waals surface area contributed by atoms with Crippen LogP contribution in [0.25, 0.3) is 0 Å². The molecule has 2 fully saturated rings. The van der Waals surface area contributed by atoms with E-state index in [0.717, 1.165) is 19.6 Å². The molecule has 2 N–H and O–H groups in total. The zero-order valence-electron chi connectivity index (χ0n) is 13.3. The van der Waals surface area contributed by atoms with Crippen LogP contribution in [0, 0.1) is 5.92 Å². The van der Waals surface area contributed by atoms with E-state index >= 15 is 0 Å². The lowest BCUT2D eigenvalue weighted by molar-refractivity contribution is -0.126. The normalized spacial score (nSPS) is 27.1. The van der Waals surface area contributed by atoms with Crippen LogP contribution in [0.4, 0.5) is 0 Å². The van der Waals surface area contributed by atoms with Crippen molar-refractivity contribution in [2.45, 2.75) is 71.0 Å². The zero-order valence-corrected chi connectivity index (χ0v) is 13.3. The second-order valence-corrected chi connectivity index (χ2v) is 6.60. The van der Waals surface area contributed by atoms with E-state index in [9.17, 15) is 4.79 Å². The summed E-state index contributed by atoms with van der Waals surface area (Å²) in [5.74, 6) is 0.897. The number of hydrogen-bond acceptors (Lipinski definition) is 3. The minimum absolute atomic E-state index is 0.0248. The van der Waals surface area contributed by atoms with Gasteiger partial charge in [0, 0.05) is 18.6 Å². The Hall–Kier alpha value is -0.610. The van der Waals surface area contributed by atoms with E-state index in [-0.39, 0.29) is 11.9 Å². The van der Waals surface area contributed by atoms with Crippen molar-refractivity contribution in [1.82, 2.24) is 15.5 Å². The third-order valence-corrected chi connectivity index (χ3v) is 4.76. The summed E-state index contributed by atoms with van der Waals surface area (Å²) in [5, 5.41) is 6.74. The van der Waals surface area contributed by atoms with Crippen molar-refractivity contribution in [1.29, 1.82) is 0 Å². The van der Waals surface area contributed by atoms with Crippen molar-refractivity contribution in [3.63, 3.8) is 0 Å². The highest BCUT2D eigenvalue weighted by molar-refractivity contribution is 5.81. The Kier molecular flexibility index (Phi) is 5.85. The summed E-state index contributed by atoms with van der Waals surface area (Å²) in [5.41, 5.74) is 0. The molecular weight excluding hydrogens is 250 g/mol. The number of rotatable bonds is 7. The molecule has 1 saturated carbocycles. The molecule has 2 aliphatic rings. The number of nitrogens with zero attached hydrogens (tertiary/aromatic N) is 1. The van der Waals surface area contributed by atoms with Crippen molar-refractivity contribution in [2.75, 3.05) is 19.6 Å². The van der Waals surface area contributed by atoms with E-state index in [2.05, 4.69) is 36.3 Å². The van der Waals surface area contributed by atoms with Crippen molar-refractivity contribution < 1.29 is 4.79 Å². The van der Waals surface area contributed by atoms with Crippen LogP contribution >= 0.6 is 0 Å². The summed E-state index contributed by atoms with van der Waals surface area (Å²) in [7, 11) is 0. The van der Waals surface area contributed by atoms with E-state index < -0.39 is 0 Å². The second kappa shape index (κ2) is 7.41. The van der Waals surface area contributed by atoms with E-state index in [1.165, 1.54) is 32.1 Å². The first-order chi connectivity index (χ1) is 9.61. The number of nitrogens with one attached hydrogen (secondary N) is 2. The number of amides is 1. The molecule has 0 aromatic carbocycles. The van der Waals surface area contributed by atoms with Gasteiger partial charge in [-0.25, -0.2) is 0 Å². The summed E-state index contributed by atoms with van der Waals surface area (Å²) in [6.45, 7) is 9.77. The molecule has 0 aromatic rings. The number of piperidine rings is 1. The predicted molar refractivity (Wildman–Crippen MR) is 82.7 cm³/mol. The average Bonchev–Trinajstić information content (AvgIpc) is 3.27. The molecule has 1 saturated heterocycles. The first-order valence-electron chi connectivity index (χ1n) is 8.39. The SMILES string of the molecule is CCCNC(C)C1CCCN(C(C)C(=O)NC2CC2)C1. The largest absolute Gasteiger partial charge is 0.352 e. The van der Waals surface area contributed by atoms with Crippen LogP contribution in [0.2, 0.25) is 0 Å². The first-order valence-corrected chi connectivity index (χ1v) is 8.39. The predicted octanol–water partition coefficient (Wildman–Crippen LogP) is 1.75. The smallest absolute Gasteiger partial charge is 0.237 e. The van der Waals surface area contributed by atoms with Crippen molar-refractivity contribution in [3.8, 4) is 0 Å². The topological polar surface area (TPSA) is 44.4 Å². The molecule has 0 bridgehead atoms. The maximum atomic E-state index is 12.2. The van der Waals surface area contributed by atoms with Crippen molar-refractivity contribution >= 4 is 5.91 Å². The maximum Gasteiger partial charge on any atom is 0.237 e. The maximum absolute atomic E-state index is 12.2. The van der Waals surface area contributed by atoms with Crippen LogP contribution < -0.4 is 10.6 Å². The Balaban J connectivity index is 1.80. The molecular formula is C16H31N3O. The lowest BCUT2D eigenvalue weighted by Crippen LogP contribution is -2.52. The summed E-state index contributed by atoms with van der Waals surface area (Å²) < 4.78 is 0. The van der Waals surface area contributed by atoms with Crippen LogP contribution in [0.15, 0.2) is 0 Å². The van der Waals surface area contributed by atoms with E-state index in [0.29, 0.717) is 18.0 Å². The number of carbonyl (C=O) groups is 1. The Morgan fingerprint density at radius 2 is 2.05 bits per heavy atom. The van der Waals surface area contributed by atoms with Gasteiger partial charge in [0.2, 0.25) is 5.91 Å². The van der Waals surface area contributed by atoms with Crippen LogP contribution in [-0.2, 0) is 4.79 Å². The molecule has 2 rings (SSSR count). The molecule has 0 radical (unpaired) electrons. The monoisotopic (exact) mass is 281 g/mol. The quantitative estimate of drug-likeness (QED) is 0.747. The van der Waals surface area contributed by atoms with Crippen LogP contribution in [0.1, 0.15) is 52.9 Å². The molecule has 4 heteroatoms. The Labute approximate surface area is 123 Å². The second-order valence-electron chi connectivity index (χ2n) is 6.60. The van der Waals surface area contributed by atoms with Crippen molar-refractivity contribution in [3.05, 3.63) is 0 Å². The molecule has 0 aromatic heterocycles. The van der Waals surface area contributed by atoms with Gasteiger partial charge in [-0.2, -0.15) is 0 Å². The van der Waals surface area contributed by atoms with Crippen LogP contribution in [0.5, 0.6) is 0 Å². The lowest BCUT2D eigenvalue weighted by atomic mass is 9.90. The highest BCUT2D eigenvalue weighted by Gasteiger charge is 2.32. The van der Waals surface area contributed by atoms with Gasteiger partial charge in [0.05, 0.1) is 6.04 Å². The number of hydrogen-bond donors (Lipinski definition) is 2. The Morgan fingerprint density at radius 1 is 1.30 bits per heavy atom. The van der Waals surface area contributed by atoms with Gasteiger partial charge < -0.3 is 10.6 Å². The molecule has 20 heavy (non-hydrogen) atoms. The molecule has 3 unspecified atom stereocenters. The fourth-order valence-corrected chi connectivity index (χ4v) is 3.05. The first kappa shape index (κ1) is 15.8. The van der Waals surface area contributed by atoms with Gasteiger partial charge in [-0.3, -0.25) is 9.69 Å². The molecule has 0 spiro atoms. The molecule has 1 heterocycles. The highest BCUT2D eigenvalue weighted by Crippen LogP contribution is 2.23. The van der Waals surface area contributed by atoms with Gasteiger partial charge in [-0.1, -0.05) is 6.92 Å². The third-order valence-electron chi connectivity index (χ3n) is 4.76. The van der Waals surface area contributed by atoms with E-state index in [4.69, 9.17) is 0 Å². The zero-order chi connectivity index (χ0) is 14.5. The molecule has 1 aliphatic heterocycles. The van der Waals surface area contributed by atoms with Gasteiger partial charge in [-0.15, -0.1) is 0 Å². The average molecular weight is 281 g/mol. The minimum Gasteiger partial charge on any atom is -0.352 e. The summed E-state index contributed by atoms with van der Waals surface area (Å²) in [4.78, 5) is 14.5. The highest BCUT2D eigenvalue weighted by atomic mass is 16.2. The molecule has 116 valence electrons. The number of likely N-dealkylation sites (tertiary alicyclic amines) is 1. The van der Waals surface area contributed by atoms with E-state index in [1.54, 1.807) is 0 Å². The van der Waals surface area contributed by atoms with Gasteiger partial charge in [0.1, 0.15) is 0 Å². The van der Waals surface area contributed by atoms with Gasteiger partial charge >= 0.3 is 0 Å². The van der Waals surface area contributed by atoms with Gasteiger partial charge in [0.15, 0.2) is 0 Å². The summed E-state index contributed by atoms with van der Waals surface area (Å²) in [6.07, 6.45) is 6.01. The fourth-order valence-electron chi connectivity index (χ4n) is 3.05. The van der Waals surface area contributed by atoms with E-state index in [1.807, 2.05) is 0 Å². The summed E-state index contributed by atoms with van der Waals surface area (Å²) in [6, 6.07) is 1.05. The number of carbonyl (C=O) groups excluding carboxylic acids is 1. The Bertz CT molecular complexity index is 317. The lowest BCUT2D eigenvalue weighted by Gasteiger charge is -2.38. The molecule has 1 amide bonds. The minimum atomic E-state index is 0.0248.